The third kappa shape index (κ3) is 3.46. The zero-order valence-electron chi connectivity index (χ0n) is 19.9. The van der Waals surface area contributed by atoms with Gasteiger partial charge in [0.15, 0.2) is 0 Å². The maximum absolute atomic E-state index is 4.97. The monoisotopic (exact) mass is 462 g/mol. The molecule has 2 aromatic carbocycles. The van der Waals surface area contributed by atoms with Gasteiger partial charge in [-0.25, -0.2) is 9.97 Å². The smallest absolute Gasteiger partial charge is 0.124 e. The van der Waals surface area contributed by atoms with Crippen molar-refractivity contribution in [3.05, 3.63) is 72.1 Å². The Labute approximate surface area is 205 Å². The number of hydrogen-bond donors (Lipinski definition) is 4. The Morgan fingerprint density at radius 3 is 1.83 bits per heavy atom. The number of nitrogens with zero attached hydrogens (tertiary/aromatic N) is 2. The Kier molecular flexibility index (Phi) is 4.23. The Hall–Kier alpha value is -3.22. The Morgan fingerprint density at radius 2 is 1.23 bits per heavy atom. The van der Waals surface area contributed by atoms with Crippen LogP contribution in [0.3, 0.4) is 0 Å². The lowest BCUT2D eigenvalue weighted by Crippen LogP contribution is -2.18. The summed E-state index contributed by atoms with van der Waals surface area (Å²) in [5.74, 6) is 3.90. The number of benzene rings is 2. The van der Waals surface area contributed by atoms with Crippen molar-refractivity contribution in [3.8, 4) is 33.6 Å². The van der Waals surface area contributed by atoms with Crippen molar-refractivity contribution in [2.45, 2.75) is 56.8 Å². The molecule has 6 atom stereocenters. The molecule has 176 valence electrons. The van der Waals surface area contributed by atoms with Crippen LogP contribution in [0.4, 0.5) is 0 Å². The van der Waals surface area contributed by atoms with Gasteiger partial charge in [0.2, 0.25) is 0 Å². The van der Waals surface area contributed by atoms with E-state index in [-0.39, 0.29) is 0 Å². The molecule has 4 aromatic rings. The molecule has 4 heterocycles. The van der Waals surface area contributed by atoms with Gasteiger partial charge in [0.1, 0.15) is 11.6 Å². The predicted octanol–water partition coefficient (Wildman–Crippen LogP) is 5.29. The van der Waals surface area contributed by atoms with Gasteiger partial charge in [-0.3, -0.25) is 0 Å². The van der Waals surface area contributed by atoms with Crippen LogP contribution in [0.15, 0.2) is 54.7 Å². The van der Waals surface area contributed by atoms with E-state index in [1.807, 2.05) is 6.20 Å². The quantitative estimate of drug-likeness (QED) is 0.325. The summed E-state index contributed by atoms with van der Waals surface area (Å²) in [6.07, 6.45) is 7.07. The molecule has 8 rings (SSSR count). The zero-order valence-corrected chi connectivity index (χ0v) is 19.9. The zero-order chi connectivity index (χ0) is 23.1. The number of imidazole rings is 2. The summed E-state index contributed by atoms with van der Waals surface area (Å²) in [6.45, 7) is 2.13. The van der Waals surface area contributed by atoms with Gasteiger partial charge in [0.25, 0.3) is 0 Å². The maximum Gasteiger partial charge on any atom is 0.124 e. The average molecular weight is 463 g/mol. The lowest BCUT2D eigenvalue weighted by molar-refractivity contribution is 0.542. The summed E-state index contributed by atoms with van der Waals surface area (Å²) in [6, 6.07) is 19.8. The predicted molar refractivity (Wildman–Crippen MR) is 137 cm³/mol. The fourth-order valence-corrected chi connectivity index (χ4v) is 6.32. The topological polar surface area (TPSA) is 81.4 Å². The molecule has 4 fully saturated rings. The van der Waals surface area contributed by atoms with E-state index < -0.39 is 0 Å². The maximum atomic E-state index is 4.97. The summed E-state index contributed by atoms with van der Waals surface area (Å²) < 4.78 is 0. The summed E-state index contributed by atoms with van der Waals surface area (Å²) >= 11 is 0. The van der Waals surface area contributed by atoms with Gasteiger partial charge in [-0.1, -0.05) is 48.5 Å². The second-order valence-electron chi connectivity index (χ2n) is 11.0. The number of hydrogen-bond acceptors (Lipinski definition) is 4. The number of H-pyrrole nitrogens is 2. The van der Waals surface area contributed by atoms with E-state index >= 15 is 0 Å². The molecule has 4 aliphatic rings. The van der Waals surface area contributed by atoms with E-state index in [1.165, 1.54) is 42.4 Å². The first kappa shape index (κ1) is 20.0. The first-order valence-electron chi connectivity index (χ1n) is 13.0. The molecule has 6 unspecified atom stereocenters. The second-order valence-corrected chi connectivity index (χ2v) is 11.0. The van der Waals surface area contributed by atoms with E-state index in [2.05, 4.69) is 81.0 Å². The normalized spacial score (nSPS) is 30.3. The number of fused-ring (bicyclic) bond motifs is 2. The highest BCUT2D eigenvalue weighted by Crippen LogP contribution is 2.46. The number of nitrogens with one attached hydrogen (secondary N) is 4. The number of aromatic amines is 2. The van der Waals surface area contributed by atoms with Gasteiger partial charge >= 0.3 is 0 Å². The third-order valence-electron chi connectivity index (χ3n) is 8.60. The van der Waals surface area contributed by atoms with Crippen LogP contribution in [0, 0.1) is 18.8 Å². The molecular weight excluding hydrogens is 432 g/mol. The second kappa shape index (κ2) is 7.39. The number of piperidine rings is 2. The summed E-state index contributed by atoms with van der Waals surface area (Å²) in [5.41, 5.74) is 8.05. The van der Waals surface area contributed by atoms with Crippen molar-refractivity contribution >= 4 is 0 Å². The summed E-state index contributed by atoms with van der Waals surface area (Å²) in [5, 5.41) is 7.37. The Balaban J connectivity index is 0.987. The van der Waals surface area contributed by atoms with E-state index in [1.54, 1.807) is 0 Å². The molecule has 35 heavy (non-hydrogen) atoms. The molecule has 6 heteroatoms. The fourth-order valence-electron chi connectivity index (χ4n) is 6.32. The van der Waals surface area contributed by atoms with E-state index in [9.17, 15) is 0 Å². The van der Waals surface area contributed by atoms with Crippen LogP contribution in [0.1, 0.15) is 55.1 Å². The summed E-state index contributed by atoms with van der Waals surface area (Å²) in [7, 11) is 0. The molecule has 2 aliphatic heterocycles. The average Bonchev–Trinajstić information content (AvgIpc) is 3.47. The molecule has 2 aliphatic carbocycles. The van der Waals surface area contributed by atoms with E-state index in [0.717, 1.165) is 58.2 Å². The molecule has 0 radical (unpaired) electrons. The highest BCUT2D eigenvalue weighted by Gasteiger charge is 2.47. The van der Waals surface area contributed by atoms with Gasteiger partial charge < -0.3 is 20.6 Å². The standard InChI is InChI=1S/C29H30N6/c1-15-27(35-29(31-15)25-13-21-11-23(21)33-25)19-8-4-17(5-9-19)16-2-6-18(7-3-16)26-14-30-28(34-26)24-12-20-10-22(20)32-24/h2-9,14,20-25,32-33H,10-13H2,1H3,(H,30,34)(H,31,35). The van der Waals surface area contributed by atoms with E-state index in [0.29, 0.717) is 12.1 Å². The number of aromatic nitrogens is 4. The van der Waals surface area contributed by atoms with Gasteiger partial charge in [0.05, 0.1) is 29.7 Å². The van der Waals surface area contributed by atoms with Crippen LogP contribution in [0.2, 0.25) is 0 Å². The molecular formula is C29H30N6. The van der Waals surface area contributed by atoms with Gasteiger partial charge in [0, 0.05) is 23.3 Å². The minimum Gasteiger partial charge on any atom is -0.344 e. The van der Waals surface area contributed by atoms with Crippen molar-refractivity contribution < 1.29 is 0 Å². The van der Waals surface area contributed by atoms with Crippen molar-refractivity contribution in [2.75, 3.05) is 0 Å². The lowest BCUT2D eigenvalue weighted by Gasteiger charge is -2.09. The SMILES string of the molecule is Cc1[nH]c(C2CC3CC3N2)nc1-c1ccc(-c2ccc(-c3cnc(C4CC5CC5N4)[nH]3)cc2)cc1. The highest BCUT2D eigenvalue weighted by molar-refractivity contribution is 5.72. The fraction of sp³-hybridized carbons (Fsp3) is 0.379. The van der Waals surface area contributed by atoms with Crippen LogP contribution < -0.4 is 10.6 Å². The third-order valence-corrected chi connectivity index (χ3v) is 8.60. The van der Waals surface area contributed by atoms with Crippen molar-refractivity contribution in [2.24, 2.45) is 11.8 Å². The molecule has 6 nitrogen and oxygen atoms in total. The van der Waals surface area contributed by atoms with Crippen molar-refractivity contribution in [1.82, 2.24) is 30.6 Å². The van der Waals surface area contributed by atoms with Crippen LogP contribution in [0.25, 0.3) is 33.6 Å². The van der Waals surface area contributed by atoms with Gasteiger partial charge in [-0.15, -0.1) is 0 Å². The molecule has 0 amide bonds. The Bertz CT molecular complexity index is 1380. The van der Waals surface area contributed by atoms with Gasteiger partial charge in [-0.05, 0) is 61.1 Å². The van der Waals surface area contributed by atoms with Crippen molar-refractivity contribution in [3.63, 3.8) is 0 Å². The molecule has 0 spiro atoms. The highest BCUT2D eigenvalue weighted by atomic mass is 15.1. The largest absolute Gasteiger partial charge is 0.344 e. The molecule has 2 aromatic heterocycles. The minimum absolute atomic E-state index is 0.384. The first-order chi connectivity index (χ1) is 17.2. The van der Waals surface area contributed by atoms with E-state index in [4.69, 9.17) is 4.98 Å². The number of aryl methyl sites for hydroxylation is 1. The van der Waals surface area contributed by atoms with Crippen LogP contribution in [-0.2, 0) is 0 Å². The molecule has 2 saturated heterocycles. The summed E-state index contributed by atoms with van der Waals surface area (Å²) in [4.78, 5) is 16.7. The number of rotatable bonds is 5. The molecule has 4 N–H and O–H groups in total. The minimum atomic E-state index is 0.384. The van der Waals surface area contributed by atoms with Crippen molar-refractivity contribution in [1.29, 1.82) is 0 Å². The Morgan fingerprint density at radius 1 is 0.657 bits per heavy atom. The van der Waals surface area contributed by atoms with Crippen LogP contribution in [0.5, 0.6) is 0 Å². The van der Waals surface area contributed by atoms with Crippen LogP contribution in [-0.4, -0.2) is 32.0 Å². The molecule has 2 saturated carbocycles. The lowest BCUT2D eigenvalue weighted by atomic mass is 10.0. The molecule has 0 bridgehead atoms. The van der Waals surface area contributed by atoms with Crippen LogP contribution >= 0.6 is 0 Å². The van der Waals surface area contributed by atoms with Gasteiger partial charge in [-0.2, -0.15) is 0 Å². The first-order valence-corrected chi connectivity index (χ1v) is 13.0.